The molecule has 28 heavy (non-hydrogen) atoms. The molecule has 0 saturated heterocycles. The molecule has 2 aromatic heterocycles. The molecule has 0 spiro atoms. The molecule has 4 rings (SSSR count). The first-order chi connectivity index (χ1) is 13.6. The van der Waals surface area contributed by atoms with E-state index in [4.69, 9.17) is 30.8 Å². The van der Waals surface area contributed by atoms with Gasteiger partial charge in [0.1, 0.15) is 5.75 Å². The van der Waals surface area contributed by atoms with E-state index in [-0.39, 0.29) is 10.8 Å². The SMILES string of the molecule is COCc1c(OC)c(OC)cc2c(-c3ccc(O)c(Cl)c3)nc3[nH]ncc3c12. The number of aromatic nitrogens is 3. The van der Waals surface area contributed by atoms with Gasteiger partial charge in [0.15, 0.2) is 17.1 Å². The monoisotopic (exact) mass is 399 g/mol. The first-order valence-corrected chi connectivity index (χ1v) is 8.85. The third kappa shape index (κ3) is 2.80. The topological polar surface area (TPSA) is 89.5 Å². The molecule has 0 aliphatic rings. The first-order valence-electron chi connectivity index (χ1n) is 8.47. The molecule has 2 heterocycles. The second-order valence-corrected chi connectivity index (χ2v) is 6.61. The molecule has 0 aliphatic heterocycles. The standard InChI is InChI=1S/C20H18ClN3O4/c1-26-9-13-17-11(7-16(27-2)19(13)28-3)18(23-20-12(17)8-22-24-20)10-4-5-15(25)14(21)6-10/h4-8,25H,9H2,1-3H3,(H,22,23,24). The summed E-state index contributed by atoms with van der Waals surface area (Å²) in [4.78, 5) is 4.74. The van der Waals surface area contributed by atoms with Crippen molar-refractivity contribution in [2.75, 3.05) is 21.3 Å². The third-order valence-corrected chi connectivity index (χ3v) is 4.95. The number of methoxy groups -OCH3 is 3. The lowest BCUT2D eigenvalue weighted by atomic mass is 9.97. The van der Waals surface area contributed by atoms with Crippen LogP contribution in [0.3, 0.4) is 0 Å². The number of H-pyrrole nitrogens is 1. The van der Waals surface area contributed by atoms with E-state index in [0.29, 0.717) is 29.4 Å². The van der Waals surface area contributed by atoms with E-state index in [0.717, 1.165) is 27.3 Å². The number of aromatic hydroxyl groups is 1. The van der Waals surface area contributed by atoms with Crippen molar-refractivity contribution in [3.8, 4) is 28.5 Å². The minimum absolute atomic E-state index is 0.0108. The van der Waals surface area contributed by atoms with Crippen molar-refractivity contribution in [3.05, 3.63) is 41.0 Å². The van der Waals surface area contributed by atoms with E-state index in [1.54, 1.807) is 45.7 Å². The highest BCUT2D eigenvalue weighted by Crippen LogP contribution is 2.44. The summed E-state index contributed by atoms with van der Waals surface area (Å²) in [5, 5.41) is 19.7. The number of fused-ring (bicyclic) bond motifs is 3. The number of phenols is 1. The van der Waals surface area contributed by atoms with Gasteiger partial charge in [-0.1, -0.05) is 11.6 Å². The number of hydrogen-bond donors (Lipinski definition) is 2. The van der Waals surface area contributed by atoms with Crippen LogP contribution in [0.1, 0.15) is 5.56 Å². The van der Waals surface area contributed by atoms with E-state index in [9.17, 15) is 5.11 Å². The number of phenolic OH excluding ortho intramolecular Hbond substituents is 1. The van der Waals surface area contributed by atoms with Gasteiger partial charge in [-0.2, -0.15) is 5.10 Å². The van der Waals surface area contributed by atoms with Crippen molar-refractivity contribution in [1.82, 2.24) is 15.2 Å². The van der Waals surface area contributed by atoms with Crippen LogP contribution in [-0.2, 0) is 11.3 Å². The lowest BCUT2D eigenvalue weighted by molar-refractivity contribution is 0.182. The molecule has 8 heteroatoms. The molecule has 2 N–H and O–H groups in total. The van der Waals surface area contributed by atoms with Crippen molar-refractivity contribution in [3.63, 3.8) is 0 Å². The zero-order chi connectivity index (χ0) is 19.8. The predicted octanol–water partition coefficient (Wildman–Crippen LogP) is 4.30. The van der Waals surface area contributed by atoms with E-state index in [2.05, 4.69) is 10.2 Å². The Hall–Kier alpha value is -3.03. The van der Waals surface area contributed by atoms with Gasteiger partial charge in [-0.15, -0.1) is 0 Å². The maximum atomic E-state index is 9.79. The van der Waals surface area contributed by atoms with E-state index < -0.39 is 0 Å². The van der Waals surface area contributed by atoms with Gasteiger partial charge < -0.3 is 19.3 Å². The quantitative estimate of drug-likeness (QED) is 0.520. The fourth-order valence-electron chi connectivity index (χ4n) is 3.44. The highest BCUT2D eigenvalue weighted by atomic mass is 35.5. The number of nitrogens with one attached hydrogen (secondary N) is 1. The fraction of sp³-hybridized carbons (Fsp3) is 0.200. The smallest absolute Gasteiger partial charge is 0.166 e. The van der Waals surface area contributed by atoms with Gasteiger partial charge >= 0.3 is 0 Å². The van der Waals surface area contributed by atoms with Crippen LogP contribution >= 0.6 is 11.6 Å². The van der Waals surface area contributed by atoms with Crippen LogP contribution in [0.5, 0.6) is 17.2 Å². The van der Waals surface area contributed by atoms with Crippen LogP contribution in [0.4, 0.5) is 0 Å². The zero-order valence-electron chi connectivity index (χ0n) is 15.5. The van der Waals surface area contributed by atoms with Crippen molar-refractivity contribution in [2.24, 2.45) is 0 Å². The number of ether oxygens (including phenoxy) is 3. The lowest BCUT2D eigenvalue weighted by Crippen LogP contribution is -2.01. The molecule has 7 nitrogen and oxygen atoms in total. The van der Waals surface area contributed by atoms with E-state index in [1.807, 2.05) is 6.07 Å². The lowest BCUT2D eigenvalue weighted by Gasteiger charge is -2.18. The number of benzene rings is 2. The van der Waals surface area contributed by atoms with Gasteiger partial charge in [0.2, 0.25) is 0 Å². The van der Waals surface area contributed by atoms with Crippen molar-refractivity contribution in [2.45, 2.75) is 6.61 Å². The van der Waals surface area contributed by atoms with Gasteiger partial charge in [-0.25, -0.2) is 4.98 Å². The molecule has 0 radical (unpaired) electrons. The summed E-state index contributed by atoms with van der Waals surface area (Å²) in [5.74, 6) is 1.18. The van der Waals surface area contributed by atoms with Crippen molar-refractivity contribution < 1.29 is 19.3 Å². The van der Waals surface area contributed by atoms with Crippen LogP contribution in [-0.4, -0.2) is 41.6 Å². The van der Waals surface area contributed by atoms with Gasteiger partial charge in [0, 0.05) is 34.4 Å². The Bertz CT molecular complexity index is 1190. The Balaban J connectivity index is 2.18. The van der Waals surface area contributed by atoms with E-state index >= 15 is 0 Å². The summed E-state index contributed by atoms with van der Waals surface area (Å²) >= 11 is 6.14. The molecule has 0 fully saturated rings. The average molecular weight is 400 g/mol. The molecule has 0 unspecified atom stereocenters. The molecule has 0 amide bonds. The molecule has 0 atom stereocenters. The largest absolute Gasteiger partial charge is 0.506 e. The molecule has 0 saturated carbocycles. The Morgan fingerprint density at radius 1 is 1.11 bits per heavy atom. The number of aromatic amines is 1. The van der Waals surface area contributed by atoms with Crippen molar-refractivity contribution >= 4 is 33.4 Å². The summed E-state index contributed by atoms with van der Waals surface area (Å²) in [6.07, 6.45) is 1.73. The van der Waals surface area contributed by atoms with Crippen LogP contribution in [0, 0.1) is 0 Å². The summed E-state index contributed by atoms with van der Waals surface area (Å²) in [6, 6.07) is 6.85. The molecule has 144 valence electrons. The summed E-state index contributed by atoms with van der Waals surface area (Å²) < 4.78 is 16.6. The highest BCUT2D eigenvalue weighted by molar-refractivity contribution is 6.32. The normalized spacial score (nSPS) is 11.3. The van der Waals surface area contributed by atoms with Gasteiger partial charge in [-0.3, -0.25) is 5.10 Å². The zero-order valence-corrected chi connectivity index (χ0v) is 16.3. The number of hydrogen-bond acceptors (Lipinski definition) is 6. The van der Waals surface area contributed by atoms with Crippen molar-refractivity contribution in [1.29, 1.82) is 0 Å². The summed E-state index contributed by atoms with van der Waals surface area (Å²) in [5.41, 5.74) is 2.88. The Kier molecular flexibility index (Phi) is 4.70. The summed E-state index contributed by atoms with van der Waals surface area (Å²) in [6.45, 7) is 0.316. The average Bonchev–Trinajstić information content (AvgIpc) is 3.17. The molecular weight excluding hydrogens is 382 g/mol. The predicted molar refractivity (Wildman–Crippen MR) is 107 cm³/mol. The maximum Gasteiger partial charge on any atom is 0.166 e. The molecule has 0 bridgehead atoms. The van der Waals surface area contributed by atoms with Gasteiger partial charge in [0.25, 0.3) is 0 Å². The number of pyridine rings is 1. The molecule has 4 aromatic rings. The second kappa shape index (κ2) is 7.18. The Labute approximate surface area is 165 Å². The number of nitrogens with zero attached hydrogens (tertiary/aromatic N) is 2. The van der Waals surface area contributed by atoms with E-state index in [1.165, 1.54) is 0 Å². The molecule has 2 aromatic carbocycles. The van der Waals surface area contributed by atoms with Crippen LogP contribution in [0.15, 0.2) is 30.5 Å². The highest BCUT2D eigenvalue weighted by Gasteiger charge is 2.22. The summed E-state index contributed by atoms with van der Waals surface area (Å²) in [7, 11) is 4.80. The maximum absolute atomic E-state index is 9.79. The van der Waals surface area contributed by atoms with Crippen LogP contribution in [0.25, 0.3) is 33.1 Å². The minimum atomic E-state index is 0.0108. The van der Waals surface area contributed by atoms with Crippen LogP contribution in [0.2, 0.25) is 5.02 Å². The fourth-order valence-corrected chi connectivity index (χ4v) is 3.62. The Morgan fingerprint density at radius 2 is 1.93 bits per heavy atom. The van der Waals surface area contributed by atoms with Crippen LogP contribution < -0.4 is 9.47 Å². The molecule has 0 aliphatic carbocycles. The number of halogens is 1. The minimum Gasteiger partial charge on any atom is -0.506 e. The molecular formula is C20H18ClN3O4. The number of rotatable bonds is 5. The second-order valence-electron chi connectivity index (χ2n) is 6.21. The van der Waals surface area contributed by atoms with Gasteiger partial charge in [-0.05, 0) is 24.3 Å². The third-order valence-electron chi connectivity index (χ3n) is 4.65. The first kappa shape index (κ1) is 18.3. The van der Waals surface area contributed by atoms with Gasteiger partial charge in [0.05, 0.1) is 37.7 Å². The Morgan fingerprint density at radius 3 is 2.61 bits per heavy atom.